The molecule has 2 aliphatic heterocycles. The molecule has 1 amide bonds. The van der Waals surface area contributed by atoms with Crippen molar-refractivity contribution in [1.29, 1.82) is 0 Å². The van der Waals surface area contributed by atoms with Crippen molar-refractivity contribution in [2.24, 2.45) is 4.99 Å². The van der Waals surface area contributed by atoms with Crippen LogP contribution in [0.25, 0.3) is 0 Å². The van der Waals surface area contributed by atoms with E-state index >= 15 is 0 Å². The molecule has 0 fully saturated rings. The van der Waals surface area contributed by atoms with Crippen LogP contribution < -0.4 is 10.0 Å². The van der Waals surface area contributed by atoms with Crippen LogP contribution in [0.4, 0.5) is 4.39 Å². The van der Waals surface area contributed by atoms with E-state index in [0.717, 1.165) is 41.9 Å². The summed E-state index contributed by atoms with van der Waals surface area (Å²) >= 11 is 1.69. The highest BCUT2D eigenvalue weighted by Gasteiger charge is 2.29. The number of rotatable bonds is 7. The van der Waals surface area contributed by atoms with E-state index in [-0.39, 0.29) is 22.7 Å². The molecule has 1 atom stereocenters. The first-order chi connectivity index (χ1) is 14.9. The molecule has 2 aliphatic rings. The number of amides is 1. The van der Waals surface area contributed by atoms with Crippen LogP contribution in [0.1, 0.15) is 49.3 Å². The standard InChI is InChI=1S/C22H24FN3O3S2/c23-15-9-10-19-17(14-15)18(11-13-30-19)25-21(27)8-2-1-5-12-24-22-16-6-3-4-7-20(16)31(28,29)26-22/h3-4,6-7,9-10,14,18H,1-2,5,8,11-13H2,(H,24,26)(H,25,27). The largest absolute Gasteiger partial charge is 0.349 e. The first-order valence-corrected chi connectivity index (χ1v) is 12.8. The van der Waals surface area contributed by atoms with Crippen molar-refractivity contribution in [3.8, 4) is 0 Å². The third kappa shape index (κ3) is 5.10. The van der Waals surface area contributed by atoms with Crippen molar-refractivity contribution in [3.05, 3.63) is 59.4 Å². The fraction of sp³-hybridized carbons (Fsp3) is 0.364. The Hall–Kier alpha value is -2.39. The van der Waals surface area contributed by atoms with Gasteiger partial charge in [0.1, 0.15) is 11.7 Å². The molecule has 164 valence electrons. The number of fused-ring (bicyclic) bond motifs is 2. The number of sulfonamides is 1. The molecule has 0 aromatic heterocycles. The summed E-state index contributed by atoms with van der Waals surface area (Å²) in [4.78, 5) is 18.0. The summed E-state index contributed by atoms with van der Waals surface area (Å²) in [5.41, 5.74) is 1.46. The van der Waals surface area contributed by atoms with Gasteiger partial charge in [-0.25, -0.2) is 12.8 Å². The summed E-state index contributed by atoms with van der Waals surface area (Å²) in [6.07, 6.45) is 3.48. The van der Waals surface area contributed by atoms with Gasteiger partial charge in [0.25, 0.3) is 10.0 Å². The Bertz CT molecular complexity index is 1120. The normalized spacial score (nSPS) is 20.0. The summed E-state index contributed by atoms with van der Waals surface area (Å²) in [6.45, 7) is 0.486. The minimum absolute atomic E-state index is 0.0316. The predicted molar refractivity (Wildman–Crippen MR) is 119 cm³/mol. The van der Waals surface area contributed by atoms with Gasteiger partial charge >= 0.3 is 0 Å². The number of amidine groups is 1. The van der Waals surface area contributed by atoms with Crippen LogP contribution in [0, 0.1) is 5.82 Å². The molecule has 0 spiro atoms. The minimum atomic E-state index is -3.51. The van der Waals surface area contributed by atoms with E-state index in [2.05, 4.69) is 15.0 Å². The fourth-order valence-electron chi connectivity index (χ4n) is 3.80. The Morgan fingerprint density at radius 2 is 2.03 bits per heavy atom. The molecule has 0 bridgehead atoms. The molecule has 0 radical (unpaired) electrons. The summed E-state index contributed by atoms with van der Waals surface area (Å²) in [6, 6.07) is 11.4. The molecule has 2 aromatic carbocycles. The number of thioether (sulfide) groups is 1. The second kappa shape index (κ2) is 9.40. The molecule has 9 heteroatoms. The lowest BCUT2D eigenvalue weighted by molar-refractivity contribution is -0.122. The minimum Gasteiger partial charge on any atom is -0.349 e. The first kappa shape index (κ1) is 21.8. The highest BCUT2D eigenvalue weighted by atomic mass is 32.2. The average molecular weight is 462 g/mol. The fourth-order valence-corrected chi connectivity index (χ4v) is 6.15. The zero-order chi connectivity index (χ0) is 21.8. The Kier molecular flexibility index (Phi) is 6.62. The Morgan fingerprint density at radius 1 is 1.19 bits per heavy atom. The van der Waals surface area contributed by atoms with E-state index in [9.17, 15) is 17.6 Å². The van der Waals surface area contributed by atoms with E-state index < -0.39 is 10.0 Å². The lowest BCUT2D eigenvalue weighted by Gasteiger charge is -2.26. The van der Waals surface area contributed by atoms with Crippen LogP contribution in [-0.2, 0) is 14.8 Å². The van der Waals surface area contributed by atoms with Crippen molar-refractivity contribution in [3.63, 3.8) is 0 Å². The zero-order valence-corrected chi connectivity index (χ0v) is 18.6. The van der Waals surface area contributed by atoms with Gasteiger partial charge in [0, 0.05) is 29.2 Å². The maximum atomic E-state index is 13.6. The third-order valence-electron chi connectivity index (χ3n) is 5.34. The quantitative estimate of drug-likeness (QED) is 0.615. The van der Waals surface area contributed by atoms with Gasteiger partial charge in [-0.05, 0) is 55.2 Å². The van der Waals surface area contributed by atoms with E-state index in [1.807, 2.05) is 0 Å². The molecular weight excluding hydrogens is 437 g/mol. The zero-order valence-electron chi connectivity index (χ0n) is 16.9. The number of benzene rings is 2. The van der Waals surface area contributed by atoms with Gasteiger partial charge in [0.2, 0.25) is 5.91 Å². The van der Waals surface area contributed by atoms with E-state index in [1.165, 1.54) is 12.1 Å². The highest BCUT2D eigenvalue weighted by Crippen LogP contribution is 2.36. The number of nitrogens with zero attached hydrogens (tertiary/aromatic N) is 1. The summed E-state index contributed by atoms with van der Waals surface area (Å²) in [7, 11) is -3.51. The van der Waals surface area contributed by atoms with Crippen molar-refractivity contribution in [1.82, 2.24) is 10.0 Å². The Morgan fingerprint density at radius 3 is 2.90 bits per heavy atom. The molecule has 2 N–H and O–H groups in total. The smallest absolute Gasteiger partial charge is 0.263 e. The van der Waals surface area contributed by atoms with E-state index in [1.54, 1.807) is 42.1 Å². The van der Waals surface area contributed by atoms with Gasteiger partial charge in [-0.15, -0.1) is 11.8 Å². The second-order valence-corrected chi connectivity index (χ2v) is 10.4. The van der Waals surface area contributed by atoms with Gasteiger partial charge in [-0.2, -0.15) is 0 Å². The SMILES string of the molecule is O=C(CCCCCN=C1NS(=O)(=O)c2ccccc21)NC1CCSc2ccc(F)cc21. The number of halogens is 1. The number of unbranched alkanes of at least 4 members (excludes halogenated alkanes) is 2. The van der Waals surface area contributed by atoms with Crippen LogP contribution in [0.3, 0.4) is 0 Å². The monoisotopic (exact) mass is 461 g/mol. The maximum Gasteiger partial charge on any atom is 0.263 e. The van der Waals surface area contributed by atoms with E-state index in [4.69, 9.17) is 0 Å². The first-order valence-electron chi connectivity index (χ1n) is 10.3. The van der Waals surface area contributed by atoms with Crippen LogP contribution in [0.2, 0.25) is 0 Å². The number of hydrogen-bond donors (Lipinski definition) is 2. The molecule has 2 heterocycles. The molecule has 0 saturated heterocycles. The topological polar surface area (TPSA) is 87.6 Å². The molecule has 6 nitrogen and oxygen atoms in total. The van der Waals surface area contributed by atoms with Crippen molar-refractivity contribution in [2.75, 3.05) is 12.3 Å². The predicted octanol–water partition coefficient (Wildman–Crippen LogP) is 3.78. The molecule has 0 aliphatic carbocycles. The lowest BCUT2D eigenvalue weighted by Crippen LogP contribution is -2.30. The van der Waals surface area contributed by atoms with Crippen molar-refractivity contribution in [2.45, 2.75) is 47.9 Å². The Labute approximate surface area is 185 Å². The molecule has 2 aromatic rings. The van der Waals surface area contributed by atoms with Gasteiger partial charge in [0.15, 0.2) is 0 Å². The van der Waals surface area contributed by atoms with Gasteiger partial charge in [0.05, 0.1) is 10.9 Å². The molecule has 4 rings (SSSR count). The van der Waals surface area contributed by atoms with Crippen molar-refractivity contribution >= 4 is 33.5 Å². The summed E-state index contributed by atoms with van der Waals surface area (Å²) < 4.78 is 40.2. The van der Waals surface area contributed by atoms with Crippen LogP contribution >= 0.6 is 11.8 Å². The highest BCUT2D eigenvalue weighted by molar-refractivity contribution is 7.99. The van der Waals surface area contributed by atoms with Gasteiger partial charge in [-0.1, -0.05) is 18.6 Å². The summed E-state index contributed by atoms with van der Waals surface area (Å²) in [5.74, 6) is 0.969. The summed E-state index contributed by atoms with van der Waals surface area (Å²) in [5, 5.41) is 3.03. The molecule has 31 heavy (non-hydrogen) atoms. The Balaban J connectivity index is 1.22. The van der Waals surface area contributed by atoms with Crippen molar-refractivity contribution < 1.29 is 17.6 Å². The lowest BCUT2D eigenvalue weighted by atomic mass is 10.0. The maximum absolute atomic E-state index is 13.6. The number of nitrogens with one attached hydrogen (secondary N) is 2. The van der Waals surface area contributed by atoms with Gasteiger partial charge in [-0.3, -0.25) is 14.5 Å². The number of carbonyl (C=O) groups is 1. The molecule has 0 saturated carbocycles. The van der Waals surface area contributed by atoms with E-state index in [0.29, 0.717) is 24.4 Å². The van der Waals surface area contributed by atoms with Crippen LogP contribution in [-0.4, -0.2) is 32.5 Å². The molecular formula is C22H24FN3O3S2. The van der Waals surface area contributed by atoms with Crippen LogP contribution in [0.5, 0.6) is 0 Å². The number of hydrogen-bond acceptors (Lipinski definition) is 5. The van der Waals surface area contributed by atoms with Crippen LogP contribution in [0.15, 0.2) is 57.2 Å². The third-order valence-corrected chi connectivity index (χ3v) is 7.86. The van der Waals surface area contributed by atoms with Gasteiger partial charge < -0.3 is 5.32 Å². The molecule has 1 unspecified atom stereocenters. The number of aliphatic imine (C=N–C) groups is 1. The second-order valence-electron chi connectivity index (χ2n) is 7.58. The number of carbonyl (C=O) groups excluding carboxylic acids is 1. The average Bonchev–Trinajstić information content (AvgIpc) is 3.01.